The summed E-state index contributed by atoms with van der Waals surface area (Å²) in [7, 11) is 0. The van der Waals surface area contributed by atoms with Crippen LogP contribution in [0.1, 0.15) is 73.2 Å². The number of carbonyl (C=O) groups is 4. The Kier molecular flexibility index (Phi) is 11.0. The van der Waals surface area contributed by atoms with Crippen LogP contribution in [-0.4, -0.2) is 49.7 Å². The lowest BCUT2D eigenvalue weighted by Crippen LogP contribution is -2.45. The molecular formula is C29H40N4O4. The van der Waals surface area contributed by atoms with E-state index in [1.807, 2.05) is 45.9 Å². The summed E-state index contributed by atoms with van der Waals surface area (Å²) in [5.74, 6) is -0.572. The van der Waals surface area contributed by atoms with Crippen LogP contribution >= 0.6 is 0 Å². The van der Waals surface area contributed by atoms with Crippen molar-refractivity contribution in [3.8, 4) is 0 Å². The molecule has 0 fully saturated rings. The highest BCUT2D eigenvalue weighted by Gasteiger charge is 2.38. The van der Waals surface area contributed by atoms with E-state index in [4.69, 9.17) is 5.73 Å². The first-order chi connectivity index (χ1) is 17.5. The molecule has 0 aliphatic rings. The Morgan fingerprint density at radius 3 is 1.65 bits per heavy atom. The summed E-state index contributed by atoms with van der Waals surface area (Å²) < 4.78 is 0. The highest BCUT2D eigenvalue weighted by Crippen LogP contribution is 2.34. The fourth-order valence-corrected chi connectivity index (χ4v) is 4.17. The van der Waals surface area contributed by atoms with Crippen molar-refractivity contribution in [1.82, 2.24) is 16.0 Å². The number of hydrogen-bond donors (Lipinski definition) is 4. The molecule has 0 saturated carbocycles. The highest BCUT2D eigenvalue weighted by molar-refractivity contribution is 6.09. The molecule has 37 heavy (non-hydrogen) atoms. The van der Waals surface area contributed by atoms with E-state index in [2.05, 4.69) is 16.0 Å². The van der Waals surface area contributed by atoms with Gasteiger partial charge in [0.25, 0.3) is 5.91 Å². The third kappa shape index (κ3) is 9.13. The topological polar surface area (TPSA) is 130 Å². The second-order valence-electron chi connectivity index (χ2n) is 10.5. The summed E-state index contributed by atoms with van der Waals surface area (Å²) in [6.45, 7) is 9.13. The van der Waals surface area contributed by atoms with Gasteiger partial charge in [-0.05, 0) is 37.9 Å². The fraction of sp³-hybridized carbons (Fsp3) is 0.448. The van der Waals surface area contributed by atoms with Crippen LogP contribution < -0.4 is 21.7 Å². The molecule has 8 nitrogen and oxygen atoms in total. The number of rotatable bonds is 14. The second kappa shape index (κ2) is 13.7. The molecule has 0 aliphatic heterocycles. The van der Waals surface area contributed by atoms with Gasteiger partial charge in [0.15, 0.2) is 5.78 Å². The molecule has 0 aliphatic carbocycles. The lowest BCUT2D eigenvalue weighted by molar-refractivity contribution is -0.135. The zero-order valence-corrected chi connectivity index (χ0v) is 22.4. The molecule has 0 heterocycles. The molecule has 0 unspecified atom stereocenters. The smallest absolute Gasteiger partial charge is 0.251 e. The summed E-state index contributed by atoms with van der Waals surface area (Å²) in [4.78, 5) is 50.2. The van der Waals surface area contributed by atoms with Crippen molar-refractivity contribution in [3.63, 3.8) is 0 Å². The van der Waals surface area contributed by atoms with Crippen LogP contribution in [0.5, 0.6) is 0 Å². The molecule has 0 spiro atoms. The third-order valence-corrected chi connectivity index (χ3v) is 6.15. The predicted molar refractivity (Wildman–Crippen MR) is 145 cm³/mol. The molecule has 3 amide bonds. The van der Waals surface area contributed by atoms with Gasteiger partial charge in [0.1, 0.15) is 0 Å². The molecule has 5 N–H and O–H groups in total. The van der Waals surface area contributed by atoms with E-state index in [0.717, 1.165) is 0 Å². The van der Waals surface area contributed by atoms with Gasteiger partial charge < -0.3 is 21.7 Å². The molecule has 8 heteroatoms. The maximum absolute atomic E-state index is 12.8. The van der Waals surface area contributed by atoms with E-state index in [-0.39, 0.29) is 23.5 Å². The van der Waals surface area contributed by atoms with E-state index < -0.39 is 10.8 Å². The number of amides is 3. The van der Waals surface area contributed by atoms with Crippen LogP contribution in [0.15, 0.2) is 54.6 Å². The molecule has 0 atom stereocenters. The first kappa shape index (κ1) is 29.7. The van der Waals surface area contributed by atoms with Crippen LogP contribution in [0.4, 0.5) is 0 Å². The van der Waals surface area contributed by atoms with Crippen molar-refractivity contribution >= 4 is 23.5 Å². The molecule has 0 radical (unpaired) electrons. The van der Waals surface area contributed by atoms with Gasteiger partial charge in [-0.25, -0.2) is 0 Å². The van der Waals surface area contributed by atoms with Crippen molar-refractivity contribution in [3.05, 3.63) is 71.3 Å². The highest BCUT2D eigenvalue weighted by atomic mass is 16.2. The van der Waals surface area contributed by atoms with Crippen molar-refractivity contribution in [2.75, 3.05) is 26.2 Å². The van der Waals surface area contributed by atoms with Crippen LogP contribution in [0, 0.1) is 10.8 Å². The minimum atomic E-state index is -0.739. The largest absolute Gasteiger partial charge is 0.356 e. The van der Waals surface area contributed by atoms with Gasteiger partial charge in [0, 0.05) is 47.2 Å². The maximum Gasteiger partial charge on any atom is 0.251 e. The van der Waals surface area contributed by atoms with E-state index in [1.165, 1.54) is 0 Å². The van der Waals surface area contributed by atoms with Gasteiger partial charge >= 0.3 is 0 Å². The normalized spacial score (nSPS) is 11.5. The Morgan fingerprint density at radius 1 is 0.649 bits per heavy atom. The molecule has 0 aromatic heterocycles. The van der Waals surface area contributed by atoms with E-state index >= 15 is 0 Å². The minimum Gasteiger partial charge on any atom is -0.356 e. The Hall–Kier alpha value is -3.52. The molecule has 0 saturated heterocycles. The van der Waals surface area contributed by atoms with Gasteiger partial charge in [0.05, 0.1) is 0 Å². The summed E-state index contributed by atoms with van der Waals surface area (Å²) in [6, 6.07) is 15.5. The number of ketones is 1. The predicted octanol–water partition coefficient (Wildman–Crippen LogP) is 3.06. The lowest BCUT2D eigenvalue weighted by atomic mass is 9.74. The van der Waals surface area contributed by atoms with Crippen LogP contribution in [-0.2, 0) is 9.59 Å². The average Bonchev–Trinajstić information content (AvgIpc) is 2.87. The van der Waals surface area contributed by atoms with Crippen LogP contribution in [0.3, 0.4) is 0 Å². The number of benzene rings is 2. The number of carbonyl (C=O) groups excluding carboxylic acids is 4. The van der Waals surface area contributed by atoms with Gasteiger partial charge in [-0.1, -0.05) is 70.2 Å². The van der Waals surface area contributed by atoms with Crippen molar-refractivity contribution in [1.29, 1.82) is 0 Å². The molecule has 2 aromatic rings. The van der Waals surface area contributed by atoms with Gasteiger partial charge in [-0.3, -0.25) is 19.2 Å². The van der Waals surface area contributed by atoms with E-state index in [1.54, 1.807) is 36.4 Å². The second-order valence-corrected chi connectivity index (χ2v) is 10.5. The SMILES string of the molecule is CC(C)(CC(C)(C)C(=O)NCCCNC(=O)c1ccc(C(=O)c2ccccc2)cc1)C(=O)NCCCN. The Bertz CT molecular complexity index is 1060. The zero-order chi connectivity index (χ0) is 27.5. The molecule has 0 bridgehead atoms. The molecular weight excluding hydrogens is 468 g/mol. The average molecular weight is 509 g/mol. The maximum atomic E-state index is 12.8. The van der Waals surface area contributed by atoms with Gasteiger partial charge in [0.2, 0.25) is 11.8 Å². The Labute approximate surface area is 219 Å². The summed E-state index contributed by atoms with van der Waals surface area (Å²) >= 11 is 0. The zero-order valence-electron chi connectivity index (χ0n) is 22.4. The summed E-state index contributed by atoms with van der Waals surface area (Å²) in [5, 5.41) is 8.62. The van der Waals surface area contributed by atoms with Gasteiger partial charge in [-0.2, -0.15) is 0 Å². The number of nitrogens with one attached hydrogen (secondary N) is 3. The quantitative estimate of drug-likeness (QED) is 0.230. The Balaban J connectivity index is 1.75. The number of nitrogens with two attached hydrogens (primary N) is 1. The Morgan fingerprint density at radius 2 is 1.11 bits per heavy atom. The summed E-state index contributed by atoms with van der Waals surface area (Å²) in [6.07, 6.45) is 1.66. The fourth-order valence-electron chi connectivity index (χ4n) is 4.17. The molecule has 200 valence electrons. The van der Waals surface area contributed by atoms with Crippen molar-refractivity contribution < 1.29 is 19.2 Å². The van der Waals surface area contributed by atoms with Crippen LogP contribution in [0.25, 0.3) is 0 Å². The lowest BCUT2D eigenvalue weighted by Gasteiger charge is -2.33. The van der Waals surface area contributed by atoms with Crippen molar-refractivity contribution in [2.24, 2.45) is 16.6 Å². The van der Waals surface area contributed by atoms with E-state index in [9.17, 15) is 19.2 Å². The number of hydrogen-bond acceptors (Lipinski definition) is 5. The summed E-state index contributed by atoms with van der Waals surface area (Å²) in [5.41, 5.74) is 5.61. The third-order valence-electron chi connectivity index (χ3n) is 6.15. The first-order valence-corrected chi connectivity index (χ1v) is 12.7. The van der Waals surface area contributed by atoms with Crippen LogP contribution in [0.2, 0.25) is 0 Å². The molecule has 2 aromatic carbocycles. The minimum absolute atomic E-state index is 0.0954. The standard InChI is InChI=1S/C29H40N4O4/c1-28(2,26(36)32-17-8-16-30)20-29(3,4)27(37)33-19-9-18-31-25(35)23-14-12-22(13-15-23)24(34)21-10-6-5-7-11-21/h5-7,10-15H,8-9,16-20,30H2,1-4H3,(H,31,35)(H,32,36)(H,33,37). The van der Waals surface area contributed by atoms with E-state index in [0.29, 0.717) is 62.1 Å². The van der Waals surface area contributed by atoms with Gasteiger partial charge in [-0.15, -0.1) is 0 Å². The van der Waals surface area contributed by atoms with Crippen molar-refractivity contribution in [2.45, 2.75) is 47.0 Å². The monoisotopic (exact) mass is 508 g/mol. The first-order valence-electron chi connectivity index (χ1n) is 12.7. The molecule has 2 rings (SSSR count).